The molecular weight excluding hydrogens is 240 g/mol. The molecule has 0 aliphatic carbocycles. The molecule has 1 N–H and O–H groups in total. The molecule has 0 spiro atoms. The lowest BCUT2D eigenvalue weighted by Crippen LogP contribution is -2.06. The molecule has 0 unspecified atom stereocenters. The van der Waals surface area contributed by atoms with Crippen LogP contribution in [0.2, 0.25) is 0 Å². The van der Waals surface area contributed by atoms with Crippen LogP contribution >= 0.6 is 0 Å². The van der Waals surface area contributed by atoms with Gasteiger partial charge in [-0.25, -0.2) is 4.79 Å². The maximum Gasteiger partial charge on any atom is 0.338 e. The first-order chi connectivity index (χ1) is 9.06. The van der Waals surface area contributed by atoms with Crippen molar-refractivity contribution >= 4 is 5.97 Å². The summed E-state index contributed by atoms with van der Waals surface area (Å²) in [5, 5.41) is 9.16. The second-order valence-electron chi connectivity index (χ2n) is 4.55. The molecule has 3 nitrogen and oxygen atoms in total. The standard InChI is InChI=1S/C16H16O3/c1-11-3-4-12(2)14(9-11)10-19-16(18)13-5-7-15(17)8-6-13/h3-9,17H,10H2,1-2H3. The highest BCUT2D eigenvalue weighted by Crippen LogP contribution is 2.14. The van der Waals surface area contributed by atoms with E-state index in [0.29, 0.717) is 5.56 Å². The first kappa shape index (κ1) is 13.1. The molecule has 0 heterocycles. The smallest absolute Gasteiger partial charge is 0.338 e. The first-order valence-corrected chi connectivity index (χ1v) is 6.08. The molecule has 98 valence electrons. The normalized spacial score (nSPS) is 10.2. The van der Waals surface area contributed by atoms with Gasteiger partial charge in [0, 0.05) is 0 Å². The Balaban J connectivity index is 2.04. The third kappa shape index (κ3) is 3.35. The number of aromatic hydroxyl groups is 1. The summed E-state index contributed by atoms with van der Waals surface area (Å²) in [6.45, 7) is 4.25. The lowest BCUT2D eigenvalue weighted by molar-refractivity contribution is 0.0472. The minimum atomic E-state index is -0.388. The highest BCUT2D eigenvalue weighted by Gasteiger charge is 2.08. The van der Waals surface area contributed by atoms with Crippen molar-refractivity contribution < 1.29 is 14.6 Å². The molecule has 0 aliphatic rings. The average Bonchev–Trinajstić information content (AvgIpc) is 2.40. The Hall–Kier alpha value is -2.29. The van der Waals surface area contributed by atoms with Gasteiger partial charge in [0.15, 0.2) is 0 Å². The number of benzene rings is 2. The topological polar surface area (TPSA) is 46.5 Å². The average molecular weight is 256 g/mol. The fraction of sp³-hybridized carbons (Fsp3) is 0.188. The van der Waals surface area contributed by atoms with E-state index in [1.54, 1.807) is 12.1 Å². The van der Waals surface area contributed by atoms with Crippen molar-refractivity contribution in [2.45, 2.75) is 20.5 Å². The van der Waals surface area contributed by atoms with Crippen molar-refractivity contribution in [1.29, 1.82) is 0 Å². The van der Waals surface area contributed by atoms with Gasteiger partial charge in [-0.05, 0) is 49.2 Å². The quantitative estimate of drug-likeness (QED) is 0.856. The lowest BCUT2D eigenvalue weighted by atomic mass is 10.1. The van der Waals surface area contributed by atoms with Crippen LogP contribution in [0, 0.1) is 13.8 Å². The third-order valence-electron chi connectivity index (χ3n) is 2.97. The summed E-state index contributed by atoms with van der Waals surface area (Å²) in [6, 6.07) is 12.1. The van der Waals surface area contributed by atoms with E-state index >= 15 is 0 Å². The number of phenolic OH excluding ortho intramolecular Hbond substituents is 1. The Morgan fingerprint density at radius 3 is 2.47 bits per heavy atom. The minimum Gasteiger partial charge on any atom is -0.508 e. The lowest BCUT2D eigenvalue weighted by Gasteiger charge is -2.08. The fourth-order valence-electron chi connectivity index (χ4n) is 1.78. The van der Waals surface area contributed by atoms with Gasteiger partial charge in [0.1, 0.15) is 12.4 Å². The maximum atomic E-state index is 11.8. The monoisotopic (exact) mass is 256 g/mol. The fourth-order valence-corrected chi connectivity index (χ4v) is 1.78. The molecule has 0 saturated heterocycles. The van der Waals surface area contributed by atoms with Crippen LogP contribution < -0.4 is 0 Å². The van der Waals surface area contributed by atoms with Crippen molar-refractivity contribution in [2.24, 2.45) is 0 Å². The Labute approximate surface area is 112 Å². The van der Waals surface area contributed by atoms with Gasteiger partial charge in [0.25, 0.3) is 0 Å². The van der Waals surface area contributed by atoms with Crippen LogP contribution in [-0.4, -0.2) is 11.1 Å². The first-order valence-electron chi connectivity index (χ1n) is 6.08. The number of ether oxygens (including phenoxy) is 1. The number of carbonyl (C=O) groups excluding carboxylic acids is 1. The molecule has 0 aromatic heterocycles. The summed E-state index contributed by atoms with van der Waals surface area (Å²) in [4.78, 5) is 11.8. The molecule has 0 fully saturated rings. The van der Waals surface area contributed by atoms with Gasteiger partial charge < -0.3 is 9.84 Å². The SMILES string of the molecule is Cc1ccc(C)c(COC(=O)c2ccc(O)cc2)c1. The molecule has 3 heteroatoms. The van der Waals surface area contributed by atoms with E-state index in [1.165, 1.54) is 12.1 Å². The summed E-state index contributed by atoms with van der Waals surface area (Å²) in [5.41, 5.74) is 3.68. The van der Waals surface area contributed by atoms with Crippen LogP contribution in [-0.2, 0) is 11.3 Å². The van der Waals surface area contributed by atoms with Crippen molar-refractivity contribution in [3.8, 4) is 5.75 Å². The van der Waals surface area contributed by atoms with E-state index in [-0.39, 0.29) is 18.3 Å². The molecule has 0 aliphatic heterocycles. The van der Waals surface area contributed by atoms with E-state index in [2.05, 4.69) is 0 Å². The second kappa shape index (κ2) is 5.57. The van der Waals surface area contributed by atoms with Crippen LogP contribution in [0.15, 0.2) is 42.5 Å². The maximum absolute atomic E-state index is 11.8. The Morgan fingerprint density at radius 2 is 1.79 bits per heavy atom. The molecule has 0 bridgehead atoms. The van der Waals surface area contributed by atoms with Crippen LogP contribution in [0.25, 0.3) is 0 Å². The van der Waals surface area contributed by atoms with Gasteiger partial charge in [-0.1, -0.05) is 23.8 Å². The zero-order valence-corrected chi connectivity index (χ0v) is 11.0. The van der Waals surface area contributed by atoms with Crippen molar-refractivity contribution in [3.05, 3.63) is 64.7 Å². The molecule has 2 rings (SSSR count). The van der Waals surface area contributed by atoms with Crippen LogP contribution in [0.5, 0.6) is 5.75 Å². The zero-order valence-electron chi connectivity index (χ0n) is 11.0. The Bertz CT molecular complexity index is 585. The van der Waals surface area contributed by atoms with E-state index in [1.807, 2.05) is 32.0 Å². The molecular formula is C16H16O3. The number of esters is 1. The van der Waals surface area contributed by atoms with Crippen molar-refractivity contribution in [1.82, 2.24) is 0 Å². The van der Waals surface area contributed by atoms with Gasteiger partial charge in [-0.2, -0.15) is 0 Å². The predicted octanol–water partition coefficient (Wildman–Crippen LogP) is 3.37. The summed E-state index contributed by atoms with van der Waals surface area (Å²) >= 11 is 0. The highest BCUT2D eigenvalue weighted by atomic mass is 16.5. The van der Waals surface area contributed by atoms with E-state index in [9.17, 15) is 4.79 Å². The summed E-state index contributed by atoms with van der Waals surface area (Å²) in [5.74, 6) is -0.257. The Kier molecular flexibility index (Phi) is 3.85. The summed E-state index contributed by atoms with van der Waals surface area (Å²) in [7, 11) is 0. The van der Waals surface area contributed by atoms with Gasteiger partial charge in [-0.3, -0.25) is 0 Å². The molecule has 0 saturated carbocycles. The number of rotatable bonds is 3. The molecule has 0 atom stereocenters. The number of aryl methyl sites for hydroxylation is 2. The molecule has 0 amide bonds. The predicted molar refractivity (Wildman–Crippen MR) is 73.1 cm³/mol. The molecule has 0 radical (unpaired) electrons. The summed E-state index contributed by atoms with van der Waals surface area (Å²) in [6.07, 6.45) is 0. The molecule has 2 aromatic rings. The van der Waals surface area contributed by atoms with Crippen LogP contribution in [0.1, 0.15) is 27.0 Å². The number of hydrogen-bond donors (Lipinski definition) is 1. The number of hydrogen-bond acceptors (Lipinski definition) is 3. The van der Waals surface area contributed by atoms with E-state index < -0.39 is 0 Å². The van der Waals surface area contributed by atoms with Gasteiger partial charge in [-0.15, -0.1) is 0 Å². The Morgan fingerprint density at radius 1 is 1.11 bits per heavy atom. The van der Waals surface area contributed by atoms with Gasteiger partial charge in [0.2, 0.25) is 0 Å². The van der Waals surface area contributed by atoms with E-state index in [4.69, 9.17) is 9.84 Å². The van der Waals surface area contributed by atoms with E-state index in [0.717, 1.165) is 16.7 Å². The second-order valence-corrected chi connectivity index (χ2v) is 4.55. The number of carbonyl (C=O) groups is 1. The molecule has 2 aromatic carbocycles. The largest absolute Gasteiger partial charge is 0.508 e. The highest BCUT2D eigenvalue weighted by molar-refractivity contribution is 5.89. The minimum absolute atomic E-state index is 0.131. The third-order valence-corrected chi connectivity index (χ3v) is 2.97. The number of phenols is 1. The van der Waals surface area contributed by atoms with Crippen molar-refractivity contribution in [3.63, 3.8) is 0 Å². The van der Waals surface area contributed by atoms with Gasteiger partial charge in [0.05, 0.1) is 5.56 Å². The zero-order chi connectivity index (χ0) is 13.8. The van der Waals surface area contributed by atoms with Gasteiger partial charge >= 0.3 is 5.97 Å². The van der Waals surface area contributed by atoms with Crippen LogP contribution in [0.4, 0.5) is 0 Å². The molecule has 19 heavy (non-hydrogen) atoms. The van der Waals surface area contributed by atoms with Crippen molar-refractivity contribution in [2.75, 3.05) is 0 Å². The summed E-state index contributed by atoms with van der Waals surface area (Å²) < 4.78 is 5.27. The van der Waals surface area contributed by atoms with Crippen LogP contribution in [0.3, 0.4) is 0 Å².